The van der Waals surface area contributed by atoms with Gasteiger partial charge in [0, 0.05) is 13.7 Å². The van der Waals surface area contributed by atoms with Crippen LogP contribution >= 0.6 is 0 Å². The van der Waals surface area contributed by atoms with Gasteiger partial charge in [0.2, 0.25) is 0 Å². The first-order valence-electron chi connectivity index (χ1n) is 5.14. The van der Waals surface area contributed by atoms with E-state index >= 15 is 0 Å². The van der Waals surface area contributed by atoms with Gasteiger partial charge in [-0.1, -0.05) is 6.92 Å². The standard InChI is InChI=1S/C10H19NO3/c1-3-11(6-8-4-5-8)9(7-14-2)10(12)13/h8-9H,3-7H2,1-2H3,(H,12,13). The lowest BCUT2D eigenvalue weighted by atomic mass is 10.2. The van der Waals surface area contributed by atoms with Crippen LogP contribution in [0.25, 0.3) is 0 Å². The molecule has 0 aromatic carbocycles. The minimum absolute atomic E-state index is 0.274. The average molecular weight is 201 g/mol. The van der Waals surface area contributed by atoms with Crippen molar-refractivity contribution < 1.29 is 14.6 Å². The molecule has 0 aromatic heterocycles. The first kappa shape index (κ1) is 11.5. The summed E-state index contributed by atoms with van der Waals surface area (Å²) in [7, 11) is 1.54. The fraction of sp³-hybridized carbons (Fsp3) is 0.900. The van der Waals surface area contributed by atoms with Crippen molar-refractivity contribution in [2.45, 2.75) is 25.8 Å². The van der Waals surface area contributed by atoms with E-state index in [9.17, 15) is 4.79 Å². The Labute approximate surface area is 84.8 Å². The summed E-state index contributed by atoms with van der Waals surface area (Å²) in [5.41, 5.74) is 0. The Kier molecular flexibility index (Phi) is 4.35. The SMILES string of the molecule is CCN(CC1CC1)C(COC)C(=O)O. The van der Waals surface area contributed by atoms with Crippen LogP contribution in [-0.4, -0.2) is 48.8 Å². The van der Waals surface area contributed by atoms with Gasteiger partial charge >= 0.3 is 5.97 Å². The Balaban J connectivity index is 2.46. The van der Waals surface area contributed by atoms with Crippen LogP contribution in [0.15, 0.2) is 0 Å². The maximum atomic E-state index is 11.0. The number of likely N-dealkylation sites (N-methyl/N-ethyl adjacent to an activating group) is 1. The number of carboxylic acids is 1. The summed E-state index contributed by atoms with van der Waals surface area (Å²) < 4.78 is 4.93. The van der Waals surface area contributed by atoms with E-state index < -0.39 is 12.0 Å². The summed E-state index contributed by atoms with van der Waals surface area (Å²) in [5.74, 6) is -0.0667. The second-order valence-corrected chi connectivity index (χ2v) is 3.84. The van der Waals surface area contributed by atoms with Crippen LogP contribution in [0.1, 0.15) is 19.8 Å². The Morgan fingerprint density at radius 2 is 2.29 bits per heavy atom. The van der Waals surface area contributed by atoms with E-state index in [1.165, 1.54) is 12.8 Å². The summed E-state index contributed by atoms with van der Waals surface area (Å²) in [6.45, 7) is 3.94. The number of hydrogen-bond acceptors (Lipinski definition) is 3. The van der Waals surface area contributed by atoms with Crippen LogP contribution in [0.4, 0.5) is 0 Å². The third kappa shape index (κ3) is 3.27. The lowest BCUT2D eigenvalue weighted by molar-refractivity contribution is -0.145. The number of methoxy groups -OCH3 is 1. The maximum Gasteiger partial charge on any atom is 0.323 e. The molecular weight excluding hydrogens is 182 g/mol. The zero-order valence-corrected chi connectivity index (χ0v) is 8.90. The number of rotatable bonds is 7. The van der Waals surface area contributed by atoms with Gasteiger partial charge in [-0.2, -0.15) is 0 Å². The molecule has 82 valence electrons. The highest BCUT2D eigenvalue weighted by Crippen LogP contribution is 2.30. The van der Waals surface area contributed by atoms with Crippen molar-refractivity contribution in [3.8, 4) is 0 Å². The fourth-order valence-corrected chi connectivity index (χ4v) is 1.60. The number of aliphatic carboxylic acids is 1. The molecule has 4 heteroatoms. The van der Waals surface area contributed by atoms with E-state index in [-0.39, 0.29) is 6.61 Å². The van der Waals surface area contributed by atoms with Gasteiger partial charge in [-0.05, 0) is 25.3 Å². The molecule has 0 aliphatic heterocycles. The molecule has 4 nitrogen and oxygen atoms in total. The highest BCUT2D eigenvalue weighted by Gasteiger charge is 2.30. The highest BCUT2D eigenvalue weighted by atomic mass is 16.5. The third-order valence-electron chi connectivity index (χ3n) is 2.65. The molecule has 1 saturated carbocycles. The molecule has 1 rings (SSSR count). The van der Waals surface area contributed by atoms with Crippen LogP contribution in [0, 0.1) is 5.92 Å². The zero-order chi connectivity index (χ0) is 10.6. The molecule has 1 N–H and O–H groups in total. The van der Waals surface area contributed by atoms with Gasteiger partial charge in [0.1, 0.15) is 6.04 Å². The third-order valence-corrected chi connectivity index (χ3v) is 2.65. The van der Waals surface area contributed by atoms with Crippen LogP contribution in [0.5, 0.6) is 0 Å². The van der Waals surface area contributed by atoms with Crippen molar-refractivity contribution >= 4 is 5.97 Å². The zero-order valence-electron chi connectivity index (χ0n) is 8.90. The highest BCUT2D eigenvalue weighted by molar-refractivity contribution is 5.73. The molecule has 1 unspecified atom stereocenters. The van der Waals surface area contributed by atoms with Gasteiger partial charge in [-0.25, -0.2) is 0 Å². The number of ether oxygens (including phenoxy) is 1. The van der Waals surface area contributed by atoms with E-state index in [1.807, 2.05) is 11.8 Å². The van der Waals surface area contributed by atoms with Crippen LogP contribution in [0.2, 0.25) is 0 Å². The minimum atomic E-state index is -0.783. The van der Waals surface area contributed by atoms with Crippen molar-refractivity contribution in [1.82, 2.24) is 4.90 Å². The van der Waals surface area contributed by atoms with Gasteiger partial charge in [0.25, 0.3) is 0 Å². The monoisotopic (exact) mass is 201 g/mol. The topological polar surface area (TPSA) is 49.8 Å². The van der Waals surface area contributed by atoms with Crippen molar-refractivity contribution in [2.24, 2.45) is 5.92 Å². The fourth-order valence-electron chi connectivity index (χ4n) is 1.60. The van der Waals surface area contributed by atoms with E-state index in [1.54, 1.807) is 7.11 Å². The predicted octanol–water partition coefficient (Wildman–Crippen LogP) is 0.818. The van der Waals surface area contributed by atoms with Gasteiger partial charge < -0.3 is 9.84 Å². The molecule has 0 heterocycles. The van der Waals surface area contributed by atoms with Crippen LogP contribution in [-0.2, 0) is 9.53 Å². The molecule has 0 amide bonds. The Hall–Kier alpha value is -0.610. The molecule has 1 aliphatic carbocycles. The predicted molar refractivity (Wildman–Crippen MR) is 53.3 cm³/mol. The molecule has 0 spiro atoms. The molecule has 1 atom stereocenters. The van der Waals surface area contributed by atoms with Crippen LogP contribution in [0.3, 0.4) is 0 Å². The Bertz CT molecular complexity index is 192. The molecule has 0 radical (unpaired) electrons. The minimum Gasteiger partial charge on any atom is -0.480 e. The van der Waals surface area contributed by atoms with E-state index in [0.29, 0.717) is 5.92 Å². The number of carboxylic acid groups (broad SMARTS) is 1. The van der Waals surface area contributed by atoms with Crippen LogP contribution < -0.4 is 0 Å². The Morgan fingerprint density at radius 3 is 2.64 bits per heavy atom. The first-order valence-corrected chi connectivity index (χ1v) is 5.14. The van der Waals surface area contributed by atoms with E-state index in [0.717, 1.165) is 13.1 Å². The second-order valence-electron chi connectivity index (χ2n) is 3.84. The number of nitrogens with zero attached hydrogens (tertiary/aromatic N) is 1. The second kappa shape index (κ2) is 5.32. The molecule has 0 bridgehead atoms. The quantitative estimate of drug-likeness (QED) is 0.662. The summed E-state index contributed by atoms with van der Waals surface area (Å²) in [6, 6.07) is -0.481. The molecular formula is C10H19NO3. The van der Waals surface area contributed by atoms with Crippen molar-refractivity contribution in [2.75, 3.05) is 26.8 Å². The molecule has 1 aliphatic rings. The van der Waals surface area contributed by atoms with Gasteiger partial charge in [-0.15, -0.1) is 0 Å². The summed E-state index contributed by atoms with van der Waals surface area (Å²) in [6.07, 6.45) is 2.49. The molecule has 14 heavy (non-hydrogen) atoms. The van der Waals surface area contributed by atoms with Crippen molar-refractivity contribution in [3.63, 3.8) is 0 Å². The summed E-state index contributed by atoms with van der Waals surface area (Å²) in [5, 5.41) is 9.02. The first-order chi connectivity index (χ1) is 6.69. The normalized spacial score (nSPS) is 18.5. The molecule has 0 aromatic rings. The van der Waals surface area contributed by atoms with Crippen molar-refractivity contribution in [3.05, 3.63) is 0 Å². The largest absolute Gasteiger partial charge is 0.480 e. The smallest absolute Gasteiger partial charge is 0.323 e. The number of carbonyl (C=O) groups is 1. The van der Waals surface area contributed by atoms with Gasteiger partial charge in [0.15, 0.2) is 0 Å². The molecule has 0 saturated heterocycles. The molecule has 1 fully saturated rings. The maximum absolute atomic E-state index is 11.0. The lowest BCUT2D eigenvalue weighted by Gasteiger charge is -2.26. The van der Waals surface area contributed by atoms with E-state index in [4.69, 9.17) is 9.84 Å². The summed E-state index contributed by atoms with van der Waals surface area (Å²) in [4.78, 5) is 13.0. The lowest BCUT2D eigenvalue weighted by Crippen LogP contribution is -2.45. The average Bonchev–Trinajstić information content (AvgIpc) is 2.94. The van der Waals surface area contributed by atoms with E-state index in [2.05, 4.69) is 0 Å². The van der Waals surface area contributed by atoms with Gasteiger partial charge in [0.05, 0.1) is 6.61 Å². The number of hydrogen-bond donors (Lipinski definition) is 1. The van der Waals surface area contributed by atoms with Gasteiger partial charge in [-0.3, -0.25) is 9.69 Å². The summed E-state index contributed by atoms with van der Waals surface area (Å²) >= 11 is 0. The Morgan fingerprint density at radius 1 is 1.64 bits per heavy atom. The van der Waals surface area contributed by atoms with Crippen molar-refractivity contribution in [1.29, 1.82) is 0 Å².